The van der Waals surface area contributed by atoms with Crippen LogP contribution in [0.25, 0.3) is 44.1 Å². The van der Waals surface area contributed by atoms with Crippen molar-refractivity contribution in [3.05, 3.63) is 84.2 Å². The SMILES string of the molecule is O=C(O)c1cc(-c2ccccc2S(=O)(=O)O)c2ccc3c(-c4ccccc4S(=O)(=O)O)cc(C(=O)O)nc3c2n1. The summed E-state index contributed by atoms with van der Waals surface area (Å²) >= 11 is 0. The molecule has 0 saturated carbocycles. The molecule has 0 spiro atoms. The van der Waals surface area contributed by atoms with E-state index in [1.54, 1.807) is 0 Å². The van der Waals surface area contributed by atoms with Crippen LogP contribution in [0.3, 0.4) is 0 Å². The number of carboxylic acids is 2. The number of rotatable bonds is 6. The van der Waals surface area contributed by atoms with Crippen molar-refractivity contribution in [2.75, 3.05) is 0 Å². The fraction of sp³-hybridized carbons (Fsp3) is 0. The molecule has 202 valence electrons. The maximum Gasteiger partial charge on any atom is 0.354 e. The zero-order valence-corrected chi connectivity index (χ0v) is 21.5. The second-order valence-corrected chi connectivity index (χ2v) is 11.3. The van der Waals surface area contributed by atoms with E-state index < -0.39 is 53.4 Å². The summed E-state index contributed by atoms with van der Waals surface area (Å²) in [6.07, 6.45) is 0. The fourth-order valence-electron chi connectivity index (χ4n) is 4.47. The first-order chi connectivity index (χ1) is 18.8. The molecule has 0 atom stereocenters. The zero-order valence-electron chi connectivity index (χ0n) is 19.9. The average Bonchev–Trinajstić information content (AvgIpc) is 2.90. The van der Waals surface area contributed by atoms with Gasteiger partial charge in [0.15, 0.2) is 0 Å². The van der Waals surface area contributed by atoms with Crippen LogP contribution in [0.2, 0.25) is 0 Å². The molecule has 0 amide bonds. The van der Waals surface area contributed by atoms with E-state index in [4.69, 9.17) is 0 Å². The number of carbonyl (C=O) groups is 2. The lowest BCUT2D eigenvalue weighted by Crippen LogP contribution is -2.07. The van der Waals surface area contributed by atoms with Crippen LogP contribution in [-0.2, 0) is 20.2 Å². The third-order valence-corrected chi connectivity index (χ3v) is 7.93. The molecule has 14 heteroatoms. The molecule has 40 heavy (non-hydrogen) atoms. The maximum absolute atomic E-state index is 12.1. The second kappa shape index (κ2) is 9.46. The summed E-state index contributed by atoms with van der Waals surface area (Å²) in [5.74, 6) is -2.98. The normalized spacial score (nSPS) is 12.1. The smallest absolute Gasteiger partial charge is 0.354 e. The number of benzene rings is 3. The Balaban J connectivity index is 1.99. The van der Waals surface area contributed by atoms with Crippen LogP contribution in [0.4, 0.5) is 0 Å². The molecular weight excluding hydrogens is 564 g/mol. The van der Waals surface area contributed by atoms with E-state index in [0.29, 0.717) is 0 Å². The van der Waals surface area contributed by atoms with Crippen LogP contribution in [0.15, 0.2) is 82.6 Å². The molecule has 5 aromatic rings. The van der Waals surface area contributed by atoms with E-state index in [9.17, 15) is 45.7 Å². The highest BCUT2D eigenvalue weighted by Gasteiger charge is 2.24. The van der Waals surface area contributed by atoms with Gasteiger partial charge in [0.25, 0.3) is 20.2 Å². The Morgan fingerprint density at radius 1 is 0.550 bits per heavy atom. The minimum atomic E-state index is -4.75. The monoisotopic (exact) mass is 580 g/mol. The summed E-state index contributed by atoms with van der Waals surface area (Å²) in [4.78, 5) is 31.3. The Morgan fingerprint density at radius 3 is 1.23 bits per heavy atom. The lowest BCUT2D eigenvalue weighted by atomic mass is 9.95. The third kappa shape index (κ3) is 4.65. The summed E-state index contributed by atoms with van der Waals surface area (Å²) in [5.41, 5.74) is -1.36. The molecule has 2 heterocycles. The van der Waals surface area contributed by atoms with E-state index in [1.807, 2.05) is 0 Å². The van der Waals surface area contributed by atoms with Gasteiger partial charge < -0.3 is 10.2 Å². The molecule has 4 N–H and O–H groups in total. The minimum Gasteiger partial charge on any atom is -0.477 e. The van der Waals surface area contributed by atoms with Gasteiger partial charge in [0, 0.05) is 21.9 Å². The first kappa shape index (κ1) is 26.8. The number of hydrogen-bond donors (Lipinski definition) is 4. The van der Waals surface area contributed by atoms with Gasteiger partial charge in [-0.25, -0.2) is 19.6 Å². The largest absolute Gasteiger partial charge is 0.477 e. The number of fused-ring (bicyclic) bond motifs is 3. The van der Waals surface area contributed by atoms with Crippen LogP contribution in [0, 0.1) is 0 Å². The molecule has 0 fully saturated rings. The Labute approximate surface area is 225 Å². The number of carboxylic acid groups (broad SMARTS) is 2. The highest BCUT2D eigenvalue weighted by molar-refractivity contribution is 7.86. The molecular formula is C26H16N2O10S2. The van der Waals surface area contributed by atoms with E-state index in [1.165, 1.54) is 48.5 Å². The van der Waals surface area contributed by atoms with Crippen LogP contribution >= 0.6 is 0 Å². The lowest BCUT2D eigenvalue weighted by molar-refractivity contribution is 0.0680. The molecule has 0 aliphatic carbocycles. The maximum atomic E-state index is 12.1. The van der Waals surface area contributed by atoms with Crippen molar-refractivity contribution in [1.82, 2.24) is 9.97 Å². The van der Waals surface area contributed by atoms with E-state index >= 15 is 0 Å². The first-order valence-electron chi connectivity index (χ1n) is 11.2. The van der Waals surface area contributed by atoms with Gasteiger partial charge in [-0.2, -0.15) is 16.8 Å². The summed E-state index contributed by atoms with van der Waals surface area (Å²) in [5, 5.41) is 19.9. The second-order valence-electron chi connectivity index (χ2n) is 8.52. The average molecular weight is 581 g/mol. The number of nitrogens with zero attached hydrogens (tertiary/aromatic N) is 2. The highest BCUT2D eigenvalue weighted by Crippen LogP contribution is 2.39. The molecule has 0 bridgehead atoms. The molecule has 0 saturated heterocycles. The standard InChI is InChI=1S/C26H16N2O10S2/c29-25(30)19-11-17(13-5-1-3-7-21(13)39(33,34)35)15-9-10-16-18(14-6-2-4-8-22(14)40(36,37)38)12-20(26(31)32)28-24(16)23(15)27-19/h1-12H,(H,29,30)(H,31,32)(H,33,34,35)(H,36,37,38). The predicted octanol–water partition coefficient (Wildman–Crippen LogP) is 4.01. The molecule has 0 unspecified atom stereocenters. The molecule has 3 aromatic carbocycles. The van der Waals surface area contributed by atoms with Crippen LogP contribution in [-0.4, -0.2) is 58.1 Å². The zero-order chi connectivity index (χ0) is 29.0. The summed E-state index contributed by atoms with van der Waals surface area (Å²) in [6, 6.07) is 15.8. The molecule has 2 aromatic heterocycles. The molecule has 0 aliphatic rings. The van der Waals surface area contributed by atoms with Crippen LogP contribution in [0.1, 0.15) is 21.0 Å². The quantitative estimate of drug-likeness (QED) is 0.166. The van der Waals surface area contributed by atoms with Crippen molar-refractivity contribution in [1.29, 1.82) is 0 Å². The van der Waals surface area contributed by atoms with Crippen molar-refractivity contribution in [2.24, 2.45) is 0 Å². The van der Waals surface area contributed by atoms with Crippen LogP contribution < -0.4 is 0 Å². The van der Waals surface area contributed by atoms with Crippen molar-refractivity contribution in [3.8, 4) is 22.3 Å². The number of aromatic carboxylic acids is 2. The van der Waals surface area contributed by atoms with E-state index in [0.717, 1.165) is 24.3 Å². The Morgan fingerprint density at radius 2 is 0.900 bits per heavy atom. The van der Waals surface area contributed by atoms with E-state index in [2.05, 4.69) is 9.97 Å². The molecule has 12 nitrogen and oxygen atoms in total. The molecule has 0 radical (unpaired) electrons. The van der Waals surface area contributed by atoms with E-state index in [-0.39, 0.29) is 44.1 Å². The first-order valence-corrected chi connectivity index (χ1v) is 14.0. The lowest BCUT2D eigenvalue weighted by Gasteiger charge is -2.15. The highest BCUT2D eigenvalue weighted by atomic mass is 32.2. The van der Waals surface area contributed by atoms with Crippen molar-refractivity contribution < 1.29 is 45.7 Å². The van der Waals surface area contributed by atoms with Gasteiger partial charge >= 0.3 is 11.9 Å². The topological polar surface area (TPSA) is 209 Å². The van der Waals surface area contributed by atoms with Crippen molar-refractivity contribution in [3.63, 3.8) is 0 Å². The van der Waals surface area contributed by atoms with Gasteiger partial charge in [-0.05, 0) is 35.4 Å². The Bertz CT molecular complexity index is 1970. The van der Waals surface area contributed by atoms with Crippen molar-refractivity contribution in [2.45, 2.75) is 9.79 Å². The van der Waals surface area contributed by atoms with Gasteiger partial charge in [0.05, 0.1) is 11.0 Å². The fourth-order valence-corrected chi connectivity index (χ4v) is 5.88. The van der Waals surface area contributed by atoms with Gasteiger partial charge in [0.2, 0.25) is 0 Å². The Kier molecular flexibility index (Phi) is 6.35. The summed E-state index contributed by atoms with van der Waals surface area (Å²) in [6.45, 7) is 0. The number of aromatic nitrogens is 2. The van der Waals surface area contributed by atoms with Gasteiger partial charge in [0.1, 0.15) is 21.2 Å². The predicted molar refractivity (Wildman–Crippen MR) is 141 cm³/mol. The number of pyridine rings is 2. The summed E-state index contributed by atoms with van der Waals surface area (Å²) < 4.78 is 68.0. The van der Waals surface area contributed by atoms with Crippen molar-refractivity contribution >= 4 is 54.0 Å². The molecule has 0 aliphatic heterocycles. The number of hydrogen-bond acceptors (Lipinski definition) is 8. The molecule has 5 rings (SSSR count). The Hall–Kier alpha value is -4.76. The van der Waals surface area contributed by atoms with Gasteiger partial charge in [-0.1, -0.05) is 48.5 Å². The third-order valence-electron chi connectivity index (χ3n) is 6.11. The van der Waals surface area contributed by atoms with Crippen LogP contribution in [0.5, 0.6) is 0 Å². The summed E-state index contributed by atoms with van der Waals surface area (Å²) in [7, 11) is -9.49. The van der Waals surface area contributed by atoms with Gasteiger partial charge in [-0.15, -0.1) is 0 Å². The minimum absolute atomic E-state index is 0.0416. The van der Waals surface area contributed by atoms with Gasteiger partial charge in [-0.3, -0.25) is 9.11 Å².